The molecule has 0 radical (unpaired) electrons. The van der Waals surface area contributed by atoms with Gasteiger partial charge in [-0.2, -0.15) is 0 Å². The molecule has 1 aromatic carbocycles. The number of halogens is 2. The highest BCUT2D eigenvalue weighted by atomic mass is 19.1. The zero-order valence-corrected chi connectivity index (χ0v) is 13.7. The summed E-state index contributed by atoms with van der Waals surface area (Å²) in [6.45, 7) is 4.78. The molecule has 1 fully saturated rings. The van der Waals surface area contributed by atoms with Crippen LogP contribution in [0.5, 0.6) is 0 Å². The van der Waals surface area contributed by atoms with Crippen molar-refractivity contribution in [1.82, 2.24) is 19.7 Å². The Bertz CT molecular complexity index is 691. The molecule has 1 aliphatic heterocycles. The number of aliphatic hydroxyl groups is 1. The Kier molecular flexibility index (Phi) is 5.20. The van der Waals surface area contributed by atoms with Gasteiger partial charge in [0.2, 0.25) is 0 Å². The molecule has 1 saturated heterocycles. The lowest BCUT2D eigenvalue weighted by atomic mass is 9.96. The van der Waals surface area contributed by atoms with Crippen molar-refractivity contribution in [2.75, 3.05) is 19.6 Å². The van der Waals surface area contributed by atoms with E-state index in [0.29, 0.717) is 6.54 Å². The van der Waals surface area contributed by atoms with E-state index in [9.17, 15) is 13.9 Å². The number of nitrogens with zero attached hydrogens (tertiary/aromatic N) is 4. The van der Waals surface area contributed by atoms with E-state index in [1.165, 1.54) is 12.1 Å². The molecule has 2 heterocycles. The predicted octanol–water partition coefficient (Wildman–Crippen LogP) is 2.49. The zero-order valence-electron chi connectivity index (χ0n) is 13.7. The Morgan fingerprint density at radius 1 is 1.38 bits per heavy atom. The van der Waals surface area contributed by atoms with E-state index in [1.54, 1.807) is 6.33 Å². The summed E-state index contributed by atoms with van der Waals surface area (Å²) in [6, 6.07) is 3.29. The van der Waals surface area contributed by atoms with Crippen LogP contribution in [-0.4, -0.2) is 44.4 Å². The van der Waals surface area contributed by atoms with Crippen LogP contribution in [0.25, 0.3) is 0 Å². The standard InChI is InChI=1S/C17H22F2N4O/c1-2-23-11-20-21-17(23)12-4-3-7-22(9-12)10-16(24)14-6-5-13(18)8-15(14)19/h5-6,8,11-12,16,24H,2-4,7,9-10H2,1H3. The first-order valence-corrected chi connectivity index (χ1v) is 8.31. The lowest BCUT2D eigenvalue weighted by Gasteiger charge is -2.33. The number of benzene rings is 1. The third-order valence-corrected chi connectivity index (χ3v) is 4.61. The molecule has 1 aromatic heterocycles. The normalized spacial score (nSPS) is 20.2. The van der Waals surface area contributed by atoms with Crippen LogP contribution in [0.15, 0.2) is 24.5 Å². The maximum Gasteiger partial charge on any atom is 0.137 e. The van der Waals surface area contributed by atoms with E-state index in [1.807, 2.05) is 4.57 Å². The Morgan fingerprint density at radius 2 is 2.21 bits per heavy atom. The second kappa shape index (κ2) is 7.36. The van der Waals surface area contributed by atoms with Crippen LogP contribution in [0.3, 0.4) is 0 Å². The maximum absolute atomic E-state index is 13.8. The highest BCUT2D eigenvalue weighted by Crippen LogP contribution is 2.27. The Balaban J connectivity index is 1.67. The molecule has 130 valence electrons. The molecule has 5 nitrogen and oxygen atoms in total. The summed E-state index contributed by atoms with van der Waals surface area (Å²) in [7, 11) is 0. The lowest BCUT2D eigenvalue weighted by molar-refractivity contribution is 0.0916. The number of rotatable bonds is 5. The number of aryl methyl sites for hydroxylation is 1. The summed E-state index contributed by atoms with van der Waals surface area (Å²) >= 11 is 0. The van der Waals surface area contributed by atoms with E-state index in [0.717, 1.165) is 44.4 Å². The molecule has 0 spiro atoms. The molecule has 2 atom stereocenters. The fraction of sp³-hybridized carbons (Fsp3) is 0.529. The average Bonchev–Trinajstić information content (AvgIpc) is 3.03. The van der Waals surface area contributed by atoms with Crippen molar-refractivity contribution in [3.05, 3.63) is 47.5 Å². The van der Waals surface area contributed by atoms with Gasteiger partial charge in [0.1, 0.15) is 23.8 Å². The second-order valence-corrected chi connectivity index (χ2v) is 6.26. The highest BCUT2D eigenvalue weighted by Gasteiger charge is 2.27. The van der Waals surface area contributed by atoms with Gasteiger partial charge in [-0.3, -0.25) is 4.90 Å². The molecule has 0 bridgehead atoms. The number of β-amino-alcohol motifs (C(OH)–C–C–N with tert-alkyl or cyclic N) is 1. The van der Waals surface area contributed by atoms with Gasteiger partial charge in [-0.15, -0.1) is 10.2 Å². The second-order valence-electron chi connectivity index (χ2n) is 6.26. The monoisotopic (exact) mass is 336 g/mol. The van der Waals surface area contributed by atoms with Gasteiger partial charge in [-0.25, -0.2) is 8.78 Å². The third kappa shape index (κ3) is 3.62. The minimum atomic E-state index is -0.978. The molecule has 3 rings (SSSR count). The van der Waals surface area contributed by atoms with E-state index in [4.69, 9.17) is 0 Å². The molecule has 2 aromatic rings. The van der Waals surface area contributed by atoms with E-state index in [-0.39, 0.29) is 11.5 Å². The number of hydrogen-bond acceptors (Lipinski definition) is 4. The van der Waals surface area contributed by atoms with Crippen molar-refractivity contribution in [1.29, 1.82) is 0 Å². The largest absolute Gasteiger partial charge is 0.387 e. The molecule has 0 saturated carbocycles. The first kappa shape index (κ1) is 17.0. The van der Waals surface area contributed by atoms with E-state index < -0.39 is 17.7 Å². The van der Waals surface area contributed by atoms with Crippen molar-refractivity contribution in [3.63, 3.8) is 0 Å². The van der Waals surface area contributed by atoms with Crippen LogP contribution in [-0.2, 0) is 6.54 Å². The molecular formula is C17H22F2N4O. The van der Waals surface area contributed by atoms with Gasteiger partial charge in [0.25, 0.3) is 0 Å². The fourth-order valence-corrected chi connectivity index (χ4v) is 3.37. The minimum Gasteiger partial charge on any atom is -0.387 e. The quantitative estimate of drug-likeness (QED) is 0.911. The van der Waals surface area contributed by atoms with Crippen LogP contribution in [0.1, 0.15) is 43.2 Å². The Labute approximate surface area is 139 Å². The van der Waals surface area contributed by atoms with Crippen LogP contribution < -0.4 is 0 Å². The van der Waals surface area contributed by atoms with E-state index >= 15 is 0 Å². The number of aromatic nitrogens is 3. The summed E-state index contributed by atoms with van der Waals surface area (Å²) < 4.78 is 28.8. The van der Waals surface area contributed by atoms with Gasteiger partial charge < -0.3 is 9.67 Å². The first-order chi connectivity index (χ1) is 11.6. The number of piperidine rings is 1. The number of aliphatic hydroxyl groups excluding tert-OH is 1. The average molecular weight is 336 g/mol. The topological polar surface area (TPSA) is 54.2 Å². The predicted molar refractivity (Wildman–Crippen MR) is 85.4 cm³/mol. The zero-order chi connectivity index (χ0) is 17.1. The van der Waals surface area contributed by atoms with Crippen LogP contribution >= 0.6 is 0 Å². The van der Waals surface area contributed by atoms with Gasteiger partial charge in [0.05, 0.1) is 6.10 Å². The van der Waals surface area contributed by atoms with Gasteiger partial charge in [0, 0.05) is 37.2 Å². The molecule has 24 heavy (non-hydrogen) atoms. The van der Waals surface area contributed by atoms with Crippen LogP contribution in [0.2, 0.25) is 0 Å². The van der Waals surface area contributed by atoms with Crippen molar-refractivity contribution in [3.8, 4) is 0 Å². The molecule has 0 aliphatic carbocycles. The van der Waals surface area contributed by atoms with Gasteiger partial charge >= 0.3 is 0 Å². The van der Waals surface area contributed by atoms with Crippen molar-refractivity contribution >= 4 is 0 Å². The maximum atomic E-state index is 13.8. The van der Waals surface area contributed by atoms with Gasteiger partial charge in [0.15, 0.2) is 0 Å². The Morgan fingerprint density at radius 3 is 2.96 bits per heavy atom. The summed E-state index contributed by atoms with van der Waals surface area (Å²) in [5, 5.41) is 18.5. The highest BCUT2D eigenvalue weighted by molar-refractivity contribution is 5.21. The Hall–Kier alpha value is -1.86. The number of likely N-dealkylation sites (tertiary alicyclic amines) is 1. The third-order valence-electron chi connectivity index (χ3n) is 4.61. The number of hydrogen-bond donors (Lipinski definition) is 1. The summed E-state index contributed by atoms with van der Waals surface area (Å²) in [4.78, 5) is 2.11. The van der Waals surface area contributed by atoms with Gasteiger partial charge in [-0.05, 0) is 32.4 Å². The lowest BCUT2D eigenvalue weighted by Crippen LogP contribution is -2.38. The SMILES string of the molecule is CCn1cnnc1C1CCCN(CC(O)c2ccc(F)cc2F)C1. The molecule has 7 heteroatoms. The summed E-state index contributed by atoms with van der Waals surface area (Å²) in [6.07, 6.45) is 2.76. The van der Waals surface area contributed by atoms with E-state index in [2.05, 4.69) is 22.0 Å². The van der Waals surface area contributed by atoms with Crippen molar-refractivity contribution < 1.29 is 13.9 Å². The molecule has 1 N–H and O–H groups in total. The van der Waals surface area contributed by atoms with Crippen LogP contribution in [0, 0.1) is 11.6 Å². The smallest absolute Gasteiger partial charge is 0.137 e. The molecule has 2 unspecified atom stereocenters. The molecule has 1 aliphatic rings. The fourth-order valence-electron chi connectivity index (χ4n) is 3.37. The van der Waals surface area contributed by atoms with Crippen LogP contribution in [0.4, 0.5) is 8.78 Å². The van der Waals surface area contributed by atoms with Crippen molar-refractivity contribution in [2.24, 2.45) is 0 Å². The minimum absolute atomic E-state index is 0.134. The summed E-state index contributed by atoms with van der Waals surface area (Å²) in [5.41, 5.74) is 0.134. The molecule has 0 amide bonds. The first-order valence-electron chi connectivity index (χ1n) is 8.31. The van der Waals surface area contributed by atoms with Gasteiger partial charge in [-0.1, -0.05) is 6.07 Å². The molecular weight excluding hydrogens is 314 g/mol. The summed E-state index contributed by atoms with van der Waals surface area (Å²) in [5.74, 6) is -0.127. The van der Waals surface area contributed by atoms with Crippen molar-refractivity contribution in [2.45, 2.75) is 38.3 Å².